The van der Waals surface area contributed by atoms with Crippen molar-refractivity contribution in [3.8, 4) is 0 Å². The molecule has 0 saturated heterocycles. The fourth-order valence-electron chi connectivity index (χ4n) is 1.94. The van der Waals surface area contributed by atoms with Gasteiger partial charge in [-0.3, -0.25) is 4.99 Å². The highest BCUT2D eigenvalue weighted by molar-refractivity contribution is 5.98. The molecule has 1 rings (SSSR count). The molecule has 0 aromatic carbocycles. The van der Waals surface area contributed by atoms with Crippen molar-refractivity contribution in [1.29, 1.82) is 0 Å². The molecular weight excluding hydrogens is 266 g/mol. The molecule has 0 aromatic heterocycles. The first-order valence-corrected chi connectivity index (χ1v) is 7.31. The van der Waals surface area contributed by atoms with Crippen LogP contribution in [-0.2, 0) is 4.74 Å². The summed E-state index contributed by atoms with van der Waals surface area (Å²) in [5.41, 5.74) is 0.0126. The average molecular weight is 293 g/mol. The van der Waals surface area contributed by atoms with Gasteiger partial charge in [-0.1, -0.05) is 6.58 Å². The number of hydrogen-bond donors (Lipinski definition) is 0. The van der Waals surface area contributed by atoms with E-state index < -0.39 is 11.7 Å². The molecule has 1 heterocycles. The summed E-state index contributed by atoms with van der Waals surface area (Å²) in [5.74, 6) is 0.695. The summed E-state index contributed by atoms with van der Waals surface area (Å²) in [6.07, 6.45) is 3.96. The normalized spacial score (nSPS) is 23.8. The number of rotatable bonds is 1. The minimum atomic E-state index is -0.552. The highest BCUT2D eigenvalue weighted by Gasteiger charge is 2.29. The summed E-state index contributed by atoms with van der Waals surface area (Å²) < 4.78 is 5.48. The molecule has 1 amide bonds. The first-order chi connectivity index (χ1) is 9.65. The number of hydrogen-bond acceptors (Lipinski definition) is 4. The molecule has 0 bridgehead atoms. The van der Waals surface area contributed by atoms with Crippen LogP contribution in [0.15, 0.2) is 29.5 Å². The van der Waals surface area contributed by atoms with E-state index >= 15 is 0 Å². The van der Waals surface area contributed by atoms with Gasteiger partial charge in [0.05, 0.1) is 0 Å². The van der Waals surface area contributed by atoms with Crippen LogP contribution < -0.4 is 0 Å². The second-order valence-electron chi connectivity index (χ2n) is 6.23. The molecule has 0 N–H and O–H groups in total. The number of amidine groups is 1. The Kier molecular flexibility index (Phi) is 5.58. The highest BCUT2D eigenvalue weighted by Crippen LogP contribution is 2.20. The van der Waals surface area contributed by atoms with E-state index in [0.717, 1.165) is 0 Å². The minimum Gasteiger partial charge on any atom is -0.443 e. The van der Waals surface area contributed by atoms with E-state index in [9.17, 15) is 4.79 Å². The zero-order chi connectivity index (χ0) is 16.2. The SMILES string of the molecule is C=C1/C=C\N(C)C(C)C/C(=N\CC)N1C(=O)OC(C)(C)C. The molecule has 0 radical (unpaired) electrons. The largest absolute Gasteiger partial charge is 0.443 e. The molecule has 1 aliphatic heterocycles. The van der Waals surface area contributed by atoms with Gasteiger partial charge in [-0.05, 0) is 40.7 Å². The monoisotopic (exact) mass is 293 g/mol. The summed E-state index contributed by atoms with van der Waals surface area (Å²) >= 11 is 0. The molecule has 0 fully saturated rings. The average Bonchev–Trinajstić information content (AvgIpc) is 2.32. The van der Waals surface area contributed by atoms with E-state index in [1.54, 1.807) is 0 Å². The van der Waals surface area contributed by atoms with Crippen LogP contribution in [-0.4, -0.2) is 47.0 Å². The van der Waals surface area contributed by atoms with Crippen molar-refractivity contribution in [2.75, 3.05) is 13.6 Å². The lowest BCUT2D eigenvalue weighted by Gasteiger charge is -2.33. The third kappa shape index (κ3) is 4.92. The maximum Gasteiger partial charge on any atom is 0.420 e. The molecule has 21 heavy (non-hydrogen) atoms. The van der Waals surface area contributed by atoms with Crippen LogP contribution in [0.3, 0.4) is 0 Å². The Morgan fingerprint density at radius 3 is 2.67 bits per heavy atom. The van der Waals surface area contributed by atoms with Gasteiger partial charge < -0.3 is 9.64 Å². The van der Waals surface area contributed by atoms with Gasteiger partial charge in [0, 0.05) is 38.0 Å². The topological polar surface area (TPSA) is 45.1 Å². The summed E-state index contributed by atoms with van der Waals surface area (Å²) in [4.78, 5) is 20.5. The molecular formula is C16H27N3O2. The lowest BCUT2D eigenvalue weighted by Crippen LogP contribution is -2.43. The van der Waals surface area contributed by atoms with Gasteiger partial charge in [-0.15, -0.1) is 0 Å². The fraction of sp³-hybridized carbons (Fsp3) is 0.625. The van der Waals surface area contributed by atoms with Crippen molar-refractivity contribution < 1.29 is 9.53 Å². The third-order valence-electron chi connectivity index (χ3n) is 3.14. The Hall–Kier alpha value is -1.78. The first kappa shape index (κ1) is 17.3. The standard InChI is InChI=1S/C16H27N3O2/c1-8-17-14-11-13(3)18(7)10-9-12(2)19(14)15(20)21-16(4,5)6/h9-10,13H,2,8,11H2,1,3-7H3/b10-9-,17-14+. The number of carbonyl (C=O) groups is 1. The van der Waals surface area contributed by atoms with E-state index in [4.69, 9.17) is 4.74 Å². The van der Waals surface area contributed by atoms with Crippen molar-refractivity contribution in [3.05, 3.63) is 24.6 Å². The number of aliphatic imine (C=N–C) groups is 1. The van der Waals surface area contributed by atoms with Crippen LogP contribution in [0.4, 0.5) is 4.79 Å². The maximum absolute atomic E-state index is 12.5. The Morgan fingerprint density at radius 2 is 2.14 bits per heavy atom. The number of ether oxygens (including phenoxy) is 1. The lowest BCUT2D eigenvalue weighted by molar-refractivity contribution is 0.0411. The van der Waals surface area contributed by atoms with Crippen LogP contribution in [0.2, 0.25) is 0 Å². The van der Waals surface area contributed by atoms with Gasteiger partial charge in [0.15, 0.2) is 0 Å². The summed E-state index contributed by atoms with van der Waals surface area (Å²) in [6, 6.07) is 0.240. The molecule has 0 spiro atoms. The number of nitrogens with zero attached hydrogens (tertiary/aromatic N) is 3. The lowest BCUT2D eigenvalue weighted by atomic mass is 10.1. The van der Waals surface area contributed by atoms with Crippen molar-refractivity contribution in [1.82, 2.24) is 9.80 Å². The van der Waals surface area contributed by atoms with E-state index in [1.807, 2.05) is 47.0 Å². The van der Waals surface area contributed by atoms with Gasteiger partial charge in [0.2, 0.25) is 0 Å². The summed E-state index contributed by atoms with van der Waals surface area (Å²) in [7, 11) is 2.00. The van der Waals surface area contributed by atoms with Crippen LogP contribution in [0.25, 0.3) is 0 Å². The summed E-state index contributed by atoms with van der Waals surface area (Å²) in [6.45, 7) is 14.2. The molecule has 0 aliphatic carbocycles. The Morgan fingerprint density at radius 1 is 1.52 bits per heavy atom. The molecule has 0 saturated carbocycles. The predicted molar refractivity (Wildman–Crippen MR) is 86.2 cm³/mol. The van der Waals surface area contributed by atoms with Gasteiger partial charge in [-0.2, -0.15) is 0 Å². The Bertz CT molecular complexity index is 461. The van der Waals surface area contributed by atoms with Crippen molar-refractivity contribution in [2.24, 2.45) is 4.99 Å². The zero-order valence-electron chi connectivity index (χ0n) is 14.0. The van der Waals surface area contributed by atoms with E-state index in [1.165, 1.54) is 4.90 Å². The van der Waals surface area contributed by atoms with Gasteiger partial charge >= 0.3 is 6.09 Å². The second-order valence-corrected chi connectivity index (χ2v) is 6.23. The zero-order valence-corrected chi connectivity index (χ0v) is 14.0. The maximum atomic E-state index is 12.5. The highest BCUT2D eigenvalue weighted by atomic mass is 16.6. The quantitative estimate of drug-likeness (QED) is 0.744. The van der Waals surface area contributed by atoms with Crippen LogP contribution >= 0.6 is 0 Å². The van der Waals surface area contributed by atoms with E-state index in [-0.39, 0.29) is 6.04 Å². The molecule has 1 unspecified atom stereocenters. The second kappa shape index (κ2) is 6.78. The molecule has 1 atom stereocenters. The van der Waals surface area contributed by atoms with Crippen LogP contribution in [0, 0.1) is 0 Å². The van der Waals surface area contributed by atoms with E-state index in [2.05, 4.69) is 23.4 Å². The van der Waals surface area contributed by atoms with Crippen LogP contribution in [0.5, 0.6) is 0 Å². The first-order valence-electron chi connectivity index (χ1n) is 7.31. The fourth-order valence-corrected chi connectivity index (χ4v) is 1.94. The van der Waals surface area contributed by atoms with Gasteiger partial charge in [-0.25, -0.2) is 9.69 Å². The van der Waals surface area contributed by atoms with Gasteiger partial charge in [0.1, 0.15) is 11.4 Å². The molecule has 118 valence electrons. The Balaban J connectivity index is 3.15. The molecule has 1 aliphatic rings. The van der Waals surface area contributed by atoms with Crippen molar-refractivity contribution in [3.63, 3.8) is 0 Å². The third-order valence-corrected chi connectivity index (χ3v) is 3.14. The minimum absolute atomic E-state index is 0.240. The van der Waals surface area contributed by atoms with Crippen LogP contribution in [0.1, 0.15) is 41.0 Å². The molecule has 0 aromatic rings. The van der Waals surface area contributed by atoms with Crippen molar-refractivity contribution in [2.45, 2.75) is 52.7 Å². The molecule has 5 heteroatoms. The van der Waals surface area contributed by atoms with E-state index in [0.29, 0.717) is 24.5 Å². The smallest absolute Gasteiger partial charge is 0.420 e. The number of carbonyl (C=O) groups excluding carboxylic acids is 1. The number of amides is 1. The number of allylic oxidation sites excluding steroid dienone is 1. The molecule has 5 nitrogen and oxygen atoms in total. The van der Waals surface area contributed by atoms with Crippen molar-refractivity contribution >= 4 is 11.9 Å². The van der Waals surface area contributed by atoms with Gasteiger partial charge in [0.25, 0.3) is 0 Å². The Labute approximate surface area is 128 Å². The summed E-state index contributed by atoms with van der Waals surface area (Å²) in [5, 5.41) is 0. The predicted octanol–water partition coefficient (Wildman–Crippen LogP) is 3.39.